The summed E-state index contributed by atoms with van der Waals surface area (Å²) >= 11 is 25.3. The van der Waals surface area contributed by atoms with Crippen LogP contribution >= 0.6 is 58.2 Å². The molecule has 134 valence electrons. The van der Waals surface area contributed by atoms with E-state index in [0.29, 0.717) is 32.4 Å². The Morgan fingerprint density at radius 2 is 1.80 bits per heavy atom. The van der Waals surface area contributed by atoms with Gasteiger partial charge in [0.05, 0.1) is 15.1 Å². The van der Waals surface area contributed by atoms with Crippen LogP contribution in [0.2, 0.25) is 20.1 Å². The molecule has 0 aliphatic rings. The van der Waals surface area contributed by atoms with Crippen molar-refractivity contribution in [3.63, 3.8) is 0 Å². The first-order chi connectivity index (χ1) is 12.0. The molecule has 0 unspecified atom stereocenters. The van der Waals surface area contributed by atoms with Gasteiger partial charge < -0.3 is 10.1 Å². The van der Waals surface area contributed by atoms with Crippen LogP contribution in [0.15, 0.2) is 36.4 Å². The number of hydrogen-bond acceptors (Lipinski definition) is 3. The molecule has 8 heteroatoms. The van der Waals surface area contributed by atoms with Crippen LogP contribution in [-0.4, -0.2) is 24.8 Å². The molecule has 0 bridgehead atoms. The van der Waals surface area contributed by atoms with E-state index in [2.05, 4.69) is 5.32 Å². The Hall–Kier alpha value is -0.780. The Balaban J connectivity index is 1.62. The van der Waals surface area contributed by atoms with Crippen molar-refractivity contribution in [1.82, 2.24) is 5.32 Å². The Morgan fingerprint density at radius 3 is 2.52 bits per heavy atom. The van der Waals surface area contributed by atoms with Gasteiger partial charge in [-0.05, 0) is 35.9 Å². The molecule has 0 heterocycles. The van der Waals surface area contributed by atoms with Gasteiger partial charge in [-0.3, -0.25) is 4.79 Å². The van der Waals surface area contributed by atoms with Gasteiger partial charge in [-0.25, -0.2) is 0 Å². The van der Waals surface area contributed by atoms with Crippen molar-refractivity contribution < 1.29 is 9.53 Å². The Labute approximate surface area is 170 Å². The quantitative estimate of drug-likeness (QED) is 0.535. The molecule has 0 radical (unpaired) electrons. The average molecular weight is 439 g/mol. The second-order valence-electron chi connectivity index (χ2n) is 5.01. The SMILES string of the molecule is O=C(COc1ccc(Cl)cc1Cl)NCCSCc1ccc(Cl)c(Cl)c1. The molecular formula is C17H15Cl4NO2S. The van der Waals surface area contributed by atoms with E-state index in [1.807, 2.05) is 12.1 Å². The van der Waals surface area contributed by atoms with E-state index in [0.717, 1.165) is 17.1 Å². The zero-order chi connectivity index (χ0) is 18.2. The van der Waals surface area contributed by atoms with Crippen LogP contribution in [0.3, 0.4) is 0 Å². The Kier molecular flexibility index (Phi) is 8.53. The minimum Gasteiger partial charge on any atom is -0.482 e. The normalized spacial score (nSPS) is 10.6. The van der Waals surface area contributed by atoms with Gasteiger partial charge in [0.1, 0.15) is 5.75 Å². The average Bonchev–Trinajstić information content (AvgIpc) is 2.57. The topological polar surface area (TPSA) is 38.3 Å². The largest absolute Gasteiger partial charge is 0.482 e. The van der Waals surface area contributed by atoms with E-state index in [1.165, 1.54) is 0 Å². The summed E-state index contributed by atoms with van der Waals surface area (Å²) in [5.41, 5.74) is 1.09. The minimum atomic E-state index is -0.207. The summed E-state index contributed by atoms with van der Waals surface area (Å²) in [5.74, 6) is 1.79. The van der Waals surface area contributed by atoms with Crippen LogP contribution in [0.5, 0.6) is 5.75 Å². The van der Waals surface area contributed by atoms with E-state index < -0.39 is 0 Å². The summed E-state index contributed by atoms with van der Waals surface area (Å²) in [6.45, 7) is 0.446. The molecule has 0 aromatic heterocycles. The molecule has 0 spiro atoms. The summed E-state index contributed by atoms with van der Waals surface area (Å²) in [6, 6.07) is 10.4. The van der Waals surface area contributed by atoms with Gasteiger partial charge in [0, 0.05) is 23.1 Å². The summed E-state index contributed by atoms with van der Waals surface area (Å²) < 4.78 is 5.37. The van der Waals surface area contributed by atoms with Gasteiger partial charge in [-0.15, -0.1) is 0 Å². The van der Waals surface area contributed by atoms with Crippen LogP contribution in [0.1, 0.15) is 5.56 Å². The van der Waals surface area contributed by atoms with Crippen LogP contribution in [-0.2, 0) is 10.5 Å². The molecule has 1 N–H and O–H groups in total. The van der Waals surface area contributed by atoms with Crippen LogP contribution < -0.4 is 10.1 Å². The monoisotopic (exact) mass is 437 g/mol. The lowest BCUT2D eigenvalue weighted by molar-refractivity contribution is -0.122. The molecule has 3 nitrogen and oxygen atoms in total. The van der Waals surface area contributed by atoms with Gasteiger partial charge in [0.15, 0.2) is 6.61 Å². The fourth-order valence-corrected chi connectivity index (χ4v) is 3.46. The molecule has 1 amide bonds. The second-order valence-corrected chi connectivity index (χ2v) is 7.78. The molecule has 25 heavy (non-hydrogen) atoms. The van der Waals surface area contributed by atoms with Crippen molar-refractivity contribution in [1.29, 1.82) is 0 Å². The highest BCUT2D eigenvalue weighted by molar-refractivity contribution is 7.98. The standard InChI is InChI=1S/C17H15Cl4NO2S/c18-12-2-4-16(15(21)8-12)24-9-17(23)22-5-6-25-10-11-1-3-13(19)14(20)7-11/h1-4,7-8H,5-6,9-10H2,(H,22,23). The number of carbonyl (C=O) groups is 1. The fraction of sp³-hybridized carbons (Fsp3) is 0.235. The number of nitrogens with one attached hydrogen (secondary N) is 1. The first-order valence-corrected chi connectivity index (χ1v) is 9.98. The number of halogens is 4. The number of rotatable bonds is 8. The van der Waals surface area contributed by atoms with Gasteiger partial charge in [-0.1, -0.05) is 52.5 Å². The summed E-state index contributed by atoms with van der Waals surface area (Å²) in [4.78, 5) is 11.8. The summed E-state index contributed by atoms with van der Waals surface area (Å²) in [6.07, 6.45) is 0. The highest BCUT2D eigenvalue weighted by Gasteiger charge is 2.06. The number of amides is 1. The lowest BCUT2D eigenvalue weighted by atomic mass is 10.2. The van der Waals surface area contributed by atoms with Gasteiger partial charge >= 0.3 is 0 Å². The molecule has 0 fully saturated rings. The highest BCUT2D eigenvalue weighted by Crippen LogP contribution is 2.27. The highest BCUT2D eigenvalue weighted by atomic mass is 35.5. The third-order valence-corrected chi connectivity index (χ3v) is 5.37. The molecule has 0 atom stereocenters. The summed E-state index contributed by atoms with van der Waals surface area (Å²) in [7, 11) is 0. The van der Waals surface area contributed by atoms with E-state index in [4.69, 9.17) is 51.1 Å². The predicted octanol–water partition coefficient (Wildman–Crippen LogP) is 5.73. The van der Waals surface area contributed by atoms with Crippen LogP contribution in [0, 0.1) is 0 Å². The van der Waals surface area contributed by atoms with Crippen molar-refractivity contribution in [3.05, 3.63) is 62.1 Å². The van der Waals surface area contributed by atoms with E-state index in [1.54, 1.807) is 36.0 Å². The van der Waals surface area contributed by atoms with Gasteiger partial charge in [0.25, 0.3) is 5.91 Å². The lowest BCUT2D eigenvalue weighted by Gasteiger charge is -2.09. The molecule has 0 saturated carbocycles. The van der Waals surface area contributed by atoms with E-state index in [-0.39, 0.29) is 12.5 Å². The zero-order valence-electron chi connectivity index (χ0n) is 13.0. The van der Waals surface area contributed by atoms with Crippen molar-refractivity contribution in [2.24, 2.45) is 0 Å². The smallest absolute Gasteiger partial charge is 0.257 e. The molecule has 2 aromatic rings. The van der Waals surface area contributed by atoms with Crippen molar-refractivity contribution in [2.45, 2.75) is 5.75 Å². The third kappa shape index (κ3) is 7.16. The maximum absolute atomic E-state index is 11.8. The predicted molar refractivity (Wildman–Crippen MR) is 108 cm³/mol. The second kappa shape index (κ2) is 10.4. The number of carbonyl (C=O) groups excluding carboxylic acids is 1. The molecule has 2 aromatic carbocycles. The Bertz CT molecular complexity index is 743. The summed E-state index contributed by atoms with van der Waals surface area (Å²) in [5, 5.41) is 4.77. The molecule has 0 aliphatic carbocycles. The van der Waals surface area contributed by atoms with E-state index >= 15 is 0 Å². The molecule has 0 aliphatic heterocycles. The third-order valence-electron chi connectivity index (χ3n) is 3.07. The van der Waals surface area contributed by atoms with Crippen molar-refractivity contribution in [2.75, 3.05) is 18.9 Å². The van der Waals surface area contributed by atoms with Gasteiger partial charge in [0.2, 0.25) is 0 Å². The molecule has 2 rings (SSSR count). The lowest BCUT2D eigenvalue weighted by Crippen LogP contribution is -2.30. The maximum Gasteiger partial charge on any atom is 0.257 e. The Morgan fingerprint density at radius 1 is 1.00 bits per heavy atom. The van der Waals surface area contributed by atoms with Crippen molar-refractivity contribution in [3.8, 4) is 5.75 Å². The first-order valence-electron chi connectivity index (χ1n) is 7.32. The van der Waals surface area contributed by atoms with Gasteiger partial charge in [-0.2, -0.15) is 11.8 Å². The number of thioether (sulfide) groups is 1. The molecule has 0 saturated heterocycles. The molecular weight excluding hydrogens is 424 g/mol. The first kappa shape index (κ1) is 20.5. The zero-order valence-corrected chi connectivity index (χ0v) is 16.9. The van der Waals surface area contributed by atoms with E-state index in [9.17, 15) is 4.79 Å². The number of ether oxygens (including phenoxy) is 1. The minimum absolute atomic E-state index is 0.0984. The van der Waals surface area contributed by atoms with Crippen LogP contribution in [0.4, 0.5) is 0 Å². The number of benzene rings is 2. The maximum atomic E-state index is 11.8. The van der Waals surface area contributed by atoms with Crippen LogP contribution in [0.25, 0.3) is 0 Å². The van der Waals surface area contributed by atoms with Crippen molar-refractivity contribution >= 4 is 64.1 Å². The number of hydrogen-bond donors (Lipinski definition) is 1. The fourth-order valence-electron chi connectivity index (χ4n) is 1.87.